The lowest BCUT2D eigenvalue weighted by Crippen LogP contribution is -2.37. The first-order valence-corrected chi connectivity index (χ1v) is 8.90. The van der Waals surface area contributed by atoms with E-state index in [1.165, 1.54) is 11.1 Å². The summed E-state index contributed by atoms with van der Waals surface area (Å²) in [6.45, 7) is 0.652. The summed E-state index contributed by atoms with van der Waals surface area (Å²) in [5, 5.41) is 8.04. The monoisotopic (exact) mass is 366 g/mol. The molecule has 0 saturated heterocycles. The van der Waals surface area contributed by atoms with Gasteiger partial charge in [0.15, 0.2) is 5.11 Å². The highest BCUT2D eigenvalue weighted by atomic mass is 35.5. The highest BCUT2D eigenvalue weighted by Crippen LogP contribution is 2.21. The van der Waals surface area contributed by atoms with Gasteiger partial charge in [-0.2, -0.15) is 0 Å². The maximum absolute atomic E-state index is 5.92. The van der Waals surface area contributed by atoms with Gasteiger partial charge in [0.05, 0.1) is 6.04 Å². The van der Waals surface area contributed by atoms with Crippen molar-refractivity contribution in [2.24, 2.45) is 0 Å². The molecule has 0 aliphatic carbocycles. The molecular weight excluding hydrogens is 348 g/mol. The molecule has 0 radical (unpaired) electrons. The fraction of sp³-hybridized carbons (Fsp3) is 0.0952. The van der Waals surface area contributed by atoms with Crippen LogP contribution in [0.4, 0.5) is 0 Å². The van der Waals surface area contributed by atoms with Crippen molar-refractivity contribution in [2.45, 2.75) is 12.6 Å². The van der Waals surface area contributed by atoms with Gasteiger partial charge in [0, 0.05) is 11.6 Å². The van der Waals surface area contributed by atoms with Crippen LogP contribution in [0.15, 0.2) is 84.9 Å². The minimum atomic E-state index is 0.00705. The molecule has 2 N–H and O–H groups in total. The van der Waals surface area contributed by atoms with Gasteiger partial charge < -0.3 is 10.6 Å². The first-order chi connectivity index (χ1) is 12.2. The van der Waals surface area contributed by atoms with Crippen LogP contribution in [0.5, 0.6) is 0 Å². The average Bonchev–Trinajstić information content (AvgIpc) is 2.67. The summed E-state index contributed by atoms with van der Waals surface area (Å²) in [7, 11) is 0. The maximum atomic E-state index is 5.92. The normalized spacial score (nSPS) is 10.5. The number of nitrogens with one attached hydrogen (secondary N) is 2. The molecule has 0 amide bonds. The Morgan fingerprint density at radius 2 is 1.32 bits per heavy atom. The summed E-state index contributed by atoms with van der Waals surface area (Å²) in [4.78, 5) is 0. The molecule has 0 bridgehead atoms. The molecule has 0 atom stereocenters. The smallest absolute Gasteiger partial charge is 0.167 e. The van der Waals surface area contributed by atoms with Gasteiger partial charge in [-0.1, -0.05) is 84.4 Å². The standard InChI is InChI=1S/C21H19ClN2S/c22-19-13-11-16(12-14-19)15-23-21(25)24-20(17-7-3-1-4-8-17)18-9-5-2-6-10-18/h1-14,20H,15H2,(H2,23,24,25). The van der Waals surface area contributed by atoms with E-state index in [0.29, 0.717) is 11.7 Å². The molecule has 0 aliphatic rings. The Hall–Kier alpha value is -2.36. The summed E-state index contributed by atoms with van der Waals surface area (Å²) >= 11 is 11.4. The molecule has 0 spiro atoms. The third kappa shape index (κ3) is 5.05. The molecule has 126 valence electrons. The van der Waals surface area contributed by atoms with Gasteiger partial charge in [0.25, 0.3) is 0 Å². The van der Waals surface area contributed by atoms with Gasteiger partial charge in [0.1, 0.15) is 0 Å². The van der Waals surface area contributed by atoms with Crippen LogP contribution in [0.2, 0.25) is 5.02 Å². The lowest BCUT2D eigenvalue weighted by Gasteiger charge is -2.22. The quantitative estimate of drug-likeness (QED) is 0.615. The van der Waals surface area contributed by atoms with Gasteiger partial charge in [-0.3, -0.25) is 0 Å². The van der Waals surface area contributed by atoms with Gasteiger partial charge in [-0.25, -0.2) is 0 Å². The minimum Gasteiger partial charge on any atom is -0.359 e. The molecule has 3 aromatic rings. The molecule has 4 heteroatoms. The zero-order valence-corrected chi connectivity index (χ0v) is 15.2. The van der Waals surface area contributed by atoms with E-state index in [0.717, 1.165) is 10.6 Å². The predicted octanol–water partition coefficient (Wildman–Crippen LogP) is 5.09. The number of hydrogen-bond donors (Lipinski definition) is 2. The van der Waals surface area contributed by atoms with E-state index in [1.807, 2.05) is 60.7 Å². The Morgan fingerprint density at radius 1 is 0.800 bits per heavy atom. The topological polar surface area (TPSA) is 24.1 Å². The number of rotatable bonds is 5. The molecule has 0 fully saturated rings. The summed E-state index contributed by atoms with van der Waals surface area (Å²) in [5.74, 6) is 0. The van der Waals surface area contributed by atoms with E-state index in [2.05, 4.69) is 34.9 Å². The van der Waals surface area contributed by atoms with Crippen molar-refractivity contribution >= 4 is 28.9 Å². The summed E-state index contributed by atoms with van der Waals surface area (Å²) < 4.78 is 0. The summed E-state index contributed by atoms with van der Waals surface area (Å²) in [5.41, 5.74) is 3.47. The largest absolute Gasteiger partial charge is 0.359 e. The Balaban J connectivity index is 1.69. The van der Waals surface area contributed by atoms with Crippen molar-refractivity contribution in [3.63, 3.8) is 0 Å². The molecule has 0 saturated carbocycles. The lowest BCUT2D eigenvalue weighted by molar-refractivity contribution is 0.736. The maximum Gasteiger partial charge on any atom is 0.167 e. The van der Waals surface area contributed by atoms with Gasteiger partial charge >= 0.3 is 0 Å². The van der Waals surface area contributed by atoms with Crippen LogP contribution >= 0.6 is 23.8 Å². The summed E-state index contributed by atoms with van der Waals surface area (Å²) in [6.07, 6.45) is 0. The van der Waals surface area contributed by atoms with Gasteiger partial charge in [-0.15, -0.1) is 0 Å². The van der Waals surface area contributed by atoms with Crippen LogP contribution in [-0.2, 0) is 6.54 Å². The van der Waals surface area contributed by atoms with Crippen LogP contribution in [0.1, 0.15) is 22.7 Å². The Bertz CT molecular complexity index is 765. The van der Waals surface area contributed by atoms with E-state index in [9.17, 15) is 0 Å². The SMILES string of the molecule is S=C(NCc1ccc(Cl)cc1)NC(c1ccccc1)c1ccccc1. The number of benzene rings is 3. The van der Waals surface area contributed by atoms with Gasteiger partial charge in [0.2, 0.25) is 0 Å². The first kappa shape index (κ1) is 17.5. The van der Waals surface area contributed by atoms with Crippen molar-refractivity contribution in [3.8, 4) is 0 Å². The predicted molar refractivity (Wildman–Crippen MR) is 109 cm³/mol. The summed E-state index contributed by atoms with van der Waals surface area (Å²) in [6, 6.07) is 28.4. The Morgan fingerprint density at radius 3 is 1.84 bits per heavy atom. The Labute approximate surface area is 158 Å². The second kappa shape index (κ2) is 8.65. The van der Waals surface area contributed by atoms with E-state index >= 15 is 0 Å². The van der Waals surface area contributed by atoms with Crippen LogP contribution < -0.4 is 10.6 Å². The van der Waals surface area contributed by atoms with Gasteiger partial charge in [-0.05, 0) is 41.0 Å². The molecule has 25 heavy (non-hydrogen) atoms. The third-order valence-electron chi connectivity index (χ3n) is 3.91. The van der Waals surface area contributed by atoms with E-state index in [1.54, 1.807) is 0 Å². The zero-order valence-electron chi connectivity index (χ0n) is 13.7. The molecule has 3 rings (SSSR count). The third-order valence-corrected chi connectivity index (χ3v) is 4.42. The number of thiocarbonyl (C=S) groups is 1. The van der Waals surface area contributed by atoms with Crippen molar-refractivity contribution in [1.82, 2.24) is 10.6 Å². The fourth-order valence-electron chi connectivity index (χ4n) is 2.62. The second-order valence-corrected chi connectivity index (χ2v) is 6.55. The first-order valence-electron chi connectivity index (χ1n) is 8.11. The molecule has 0 heterocycles. The van der Waals surface area contributed by atoms with Crippen molar-refractivity contribution in [1.29, 1.82) is 0 Å². The molecule has 0 aromatic heterocycles. The van der Waals surface area contributed by atoms with Crippen LogP contribution in [-0.4, -0.2) is 5.11 Å². The van der Waals surface area contributed by atoms with Crippen LogP contribution in [0.3, 0.4) is 0 Å². The van der Waals surface area contributed by atoms with E-state index in [-0.39, 0.29) is 6.04 Å². The second-order valence-electron chi connectivity index (χ2n) is 5.71. The number of halogens is 1. The van der Waals surface area contributed by atoms with Crippen molar-refractivity contribution < 1.29 is 0 Å². The fourth-order valence-corrected chi connectivity index (χ4v) is 2.93. The molecule has 0 aliphatic heterocycles. The highest BCUT2D eigenvalue weighted by Gasteiger charge is 2.14. The van der Waals surface area contributed by atoms with Crippen LogP contribution in [0.25, 0.3) is 0 Å². The highest BCUT2D eigenvalue weighted by molar-refractivity contribution is 7.80. The average molecular weight is 367 g/mol. The Kier molecular flexibility index (Phi) is 6.04. The lowest BCUT2D eigenvalue weighted by atomic mass is 9.99. The van der Waals surface area contributed by atoms with E-state index in [4.69, 9.17) is 23.8 Å². The van der Waals surface area contributed by atoms with Crippen molar-refractivity contribution in [2.75, 3.05) is 0 Å². The molecular formula is C21H19ClN2S. The van der Waals surface area contributed by atoms with Crippen molar-refractivity contribution in [3.05, 3.63) is 107 Å². The van der Waals surface area contributed by atoms with E-state index < -0.39 is 0 Å². The number of hydrogen-bond acceptors (Lipinski definition) is 1. The molecule has 2 nitrogen and oxygen atoms in total. The molecule has 0 unspecified atom stereocenters. The van der Waals surface area contributed by atoms with Crippen LogP contribution in [0, 0.1) is 0 Å². The minimum absolute atomic E-state index is 0.00705. The molecule has 3 aromatic carbocycles. The zero-order chi connectivity index (χ0) is 17.5.